The zero-order valence-electron chi connectivity index (χ0n) is 12.1. The maximum absolute atomic E-state index is 11.6. The number of amides is 1. The second kappa shape index (κ2) is 9.30. The van der Waals surface area contributed by atoms with E-state index in [9.17, 15) is 4.79 Å². The summed E-state index contributed by atoms with van der Waals surface area (Å²) in [4.78, 5) is 13.6. The first kappa shape index (κ1) is 16.4. The van der Waals surface area contributed by atoms with Crippen molar-refractivity contribution in [3.63, 3.8) is 0 Å². The van der Waals surface area contributed by atoms with Gasteiger partial charge >= 0.3 is 0 Å². The monoisotopic (exact) mass is 281 g/mol. The van der Waals surface area contributed by atoms with Crippen molar-refractivity contribution in [3.05, 3.63) is 24.3 Å². The Hall–Kier alpha value is -1.63. The molecule has 0 spiro atoms. The lowest BCUT2D eigenvalue weighted by molar-refractivity contribution is -0.120. The number of likely N-dealkylation sites (N-methyl/N-ethyl adjacent to an activating group) is 1. The van der Waals surface area contributed by atoms with E-state index in [0.717, 1.165) is 12.3 Å². The second-order valence-corrected chi connectivity index (χ2v) is 4.57. The molecule has 1 amide bonds. The lowest BCUT2D eigenvalue weighted by Gasteiger charge is -2.12. The van der Waals surface area contributed by atoms with Crippen molar-refractivity contribution in [2.45, 2.75) is 0 Å². The van der Waals surface area contributed by atoms with Crippen molar-refractivity contribution in [2.75, 3.05) is 52.3 Å². The smallest absolute Gasteiger partial charge is 0.250 e. The highest BCUT2D eigenvalue weighted by molar-refractivity contribution is 5.91. The Balaban J connectivity index is 2.40. The Labute approximate surface area is 119 Å². The van der Waals surface area contributed by atoms with Gasteiger partial charge in [-0.2, -0.15) is 0 Å². The van der Waals surface area contributed by atoms with Gasteiger partial charge in [-0.1, -0.05) is 6.07 Å². The zero-order valence-corrected chi connectivity index (χ0v) is 12.1. The molecule has 0 bridgehead atoms. The molecule has 0 heterocycles. The number of ether oxygens (including phenoxy) is 2. The summed E-state index contributed by atoms with van der Waals surface area (Å²) in [6, 6.07) is 7.29. The average molecular weight is 281 g/mol. The minimum atomic E-state index is -0.205. The lowest BCUT2D eigenvalue weighted by atomic mass is 10.3. The highest BCUT2D eigenvalue weighted by Crippen LogP contribution is 2.17. The van der Waals surface area contributed by atoms with Crippen molar-refractivity contribution in [1.82, 2.24) is 4.90 Å². The Morgan fingerprint density at radius 3 is 2.85 bits per heavy atom. The number of anilines is 1. The van der Waals surface area contributed by atoms with Crippen LogP contribution in [0.5, 0.6) is 5.75 Å². The van der Waals surface area contributed by atoms with Gasteiger partial charge in [0.2, 0.25) is 5.91 Å². The van der Waals surface area contributed by atoms with E-state index in [1.165, 1.54) is 0 Å². The summed E-state index contributed by atoms with van der Waals surface area (Å²) >= 11 is 0. The summed E-state index contributed by atoms with van der Waals surface area (Å²) < 4.78 is 10.7. The molecule has 0 aromatic heterocycles. The second-order valence-electron chi connectivity index (χ2n) is 4.57. The number of nitrogens with two attached hydrogens (primary N) is 1. The summed E-state index contributed by atoms with van der Waals surface area (Å²) in [6.07, 6.45) is 0. The molecule has 0 atom stereocenters. The molecule has 0 aliphatic heterocycles. The summed E-state index contributed by atoms with van der Waals surface area (Å²) in [7, 11) is 3.97. The van der Waals surface area contributed by atoms with Crippen molar-refractivity contribution in [2.24, 2.45) is 5.73 Å². The molecule has 0 saturated carbocycles. The molecule has 6 nitrogen and oxygen atoms in total. The van der Waals surface area contributed by atoms with Crippen LogP contribution in [0.2, 0.25) is 0 Å². The molecule has 0 unspecified atom stereocenters. The highest BCUT2D eigenvalue weighted by Gasteiger charge is 2.03. The molecular formula is C14H23N3O3. The van der Waals surface area contributed by atoms with Crippen LogP contribution >= 0.6 is 0 Å². The number of nitrogens with zero attached hydrogens (tertiary/aromatic N) is 1. The number of benzene rings is 1. The fourth-order valence-corrected chi connectivity index (χ4v) is 1.45. The van der Waals surface area contributed by atoms with Gasteiger partial charge in [-0.25, -0.2) is 0 Å². The summed E-state index contributed by atoms with van der Waals surface area (Å²) in [5, 5.41) is 2.75. The van der Waals surface area contributed by atoms with Crippen molar-refractivity contribution in [3.8, 4) is 5.75 Å². The van der Waals surface area contributed by atoms with Crippen LogP contribution in [0.15, 0.2) is 24.3 Å². The standard InChI is InChI=1S/C14H23N3O3/c1-17(2)7-9-20-13-5-3-4-12(10-13)16-14(18)11-19-8-6-15/h3-5,10H,6-9,11,15H2,1-2H3,(H,16,18). The number of nitrogens with one attached hydrogen (secondary N) is 1. The van der Waals surface area contributed by atoms with Gasteiger partial charge in [-0.15, -0.1) is 0 Å². The number of hydrogen-bond donors (Lipinski definition) is 2. The fraction of sp³-hybridized carbons (Fsp3) is 0.500. The van der Waals surface area contributed by atoms with E-state index in [0.29, 0.717) is 25.4 Å². The summed E-state index contributed by atoms with van der Waals surface area (Å²) in [5.74, 6) is 0.524. The minimum Gasteiger partial charge on any atom is -0.492 e. The zero-order chi connectivity index (χ0) is 14.8. The highest BCUT2D eigenvalue weighted by atomic mass is 16.5. The third-order valence-corrected chi connectivity index (χ3v) is 2.42. The van der Waals surface area contributed by atoms with Gasteiger partial charge in [0.05, 0.1) is 6.61 Å². The summed E-state index contributed by atoms with van der Waals surface area (Å²) in [5.41, 5.74) is 5.97. The van der Waals surface area contributed by atoms with Crippen LogP contribution in [-0.2, 0) is 9.53 Å². The molecule has 20 heavy (non-hydrogen) atoms. The SMILES string of the molecule is CN(C)CCOc1cccc(NC(=O)COCCN)c1. The number of rotatable bonds is 9. The van der Waals surface area contributed by atoms with Gasteiger partial charge in [0.1, 0.15) is 19.0 Å². The Kier molecular flexibility index (Phi) is 7.64. The first-order valence-electron chi connectivity index (χ1n) is 6.57. The number of carbonyl (C=O) groups is 1. The van der Waals surface area contributed by atoms with Gasteiger partial charge in [0.25, 0.3) is 0 Å². The van der Waals surface area contributed by atoms with Crippen LogP contribution in [0.1, 0.15) is 0 Å². The molecule has 0 saturated heterocycles. The molecule has 1 aromatic rings. The Morgan fingerprint density at radius 1 is 1.35 bits per heavy atom. The van der Waals surface area contributed by atoms with Gasteiger partial charge in [0.15, 0.2) is 0 Å². The van der Waals surface area contributed by atoms with E-state index in [4.69, 9.17) is 15.2 Å². The van der Waals surface area contributed by atoms with Crippen LogP contribution in [0.4, 0.5) is 5.69 Å². The van der Waals surface area contributed by atoms with Gasteiger partial charge in [-0.3, -0.25) is 4.79 Å². The summed E-state index contributed by atoms with van der Waals surface area (Å²) in [6.45, 7) is 2.22. The minimum absolute atomic E-state index is 0.00289. The van der Waals surface area contributed by atoms with Crippen molar-refractivity contribution < 1.29 is 14.3 Å². The van der Waals surface area contributed by atoms with Gasteiger partial charge in [-0.05, 0) is 26.2 Å². The third kappa shape index (κ3) is 7.08. The largest absolute Gasteiger partial charge is 0.492 e. The van der Waals surface area contributed by atoms with Crippen molar-refractivity contribution in [1.29, 1.82) is 0 Å². The van der Waals surface area contributed by atoms with Crippen LogP contribution in [-0.4, -0.2) is 57.8 Å². The van der Waals surface area contributed by atoms with E-state index in [2.05, 4.69) is 5.32 Å². The Morgan fingerprint density at radius 2 is 2.15 bits per heavy atom. The topological polar surface area (TPSA) is 76.8 Å². The van der Waals surface area contributed by atoms with E-state index in [1.807, 2.05) is 31.1 Å². The molecule has 0 radical (unpaired) electrons. The van der Waals surface area contributed by atoms with E-state index >= 15 is 0 Å². The molecule has 0 fully saturated rings. The van der Waals surface area contributed by atoms with Crippen LogP contribution in [0.3, 0.4) is 0 Å². The maximum atomic E-state index is 11.6. The van der Waals surface area contributed by atoms with Gasteiger partial charge in [0, 0.05) is 24.8 Å². The molecular weight excluding hydrogens is 258 g/mol. The first-order chi connectivity index (χ1) is 9.61. The predicted octanol–water partition coefficient (Wildman–Crippen LogP) is 0.541. The molecule has 112 valence electrons. The maximum Gasteiger partial charge on any atom is 0.250 e. The lowest BCUT2D eigenvalue weighted by Crippen LogP contribution is -2.21. The van der Waals surface area contributed by atoms with E-state index in [-0.39, 0.29) is 12.5 Å². The Bertz CT molecular complexity index is 410. The molecule has 6 heteroatoms. The third-order valence-electron chi connectivity index (χ3n) is 2.42. The fourth-order valence-electron chi connectivity index (χ4n) is 1.45. The molecule has 3 N–H and O–H groups in total. The quantitative estimate of drug-likeness (QED) is 0.646. The molecule has 1 rings (SSSR count). The normalized spacial score (nSPS) is 10.6. The molecule has 1 aromatic carbocycles. The molecule has 0 aliphatic carbocycles. The number of hydrogen-bond acceptors (Lipinski definition) is 5. The van der Waals surface area contributed by atoms with Gasteiger partial charge < -0.3 is 25.4 Å². The number of carbonyl (C=O) groups excluding carboxylic acids is 1. The van der Waals surface area contributed by atoms with Crippen molar-refractivity contribution >= 4 is 11.6 Å². The van der Waals surface area contributed by atoms with Crippen LogP contribution < -0.4 is 15.8 Å². The van der Waals surface area contributed by atoms with Crippen LogP contribution in [0.25, 0.3) is 0 Å². The molecule has 0 aliphatic rings. The van der Waals surface area contributed by atoms with Crippen LogP contribution in [0, 0.1) is 0 Å². The average Bonchev–Trinajstić information content (AvgIpc) is 2.39. The van der Waals surface area contributed by atoms with E-state index < -0.39 is 0 Å². The first-order valence-corrected chi connectivity index (χ1v) is 6.57. The van der Waals surface area contributed by atoms with E-state index in [1.54, 1.807) is 12.1 Å². The predicted molar refractivity (Wildman–Crippen MR) is 79.0 cm³/mol.